The van der Waals surface area contributed by atoms with Gasteiger partial charge in [-0.15, -0.1) is 11.8 Å². The molecule has 0 aliphatic rings. The van der Waals surface area contributed by atoms with Crippen molar-refractivity contribution in [3.63, 3.8) is 0 Å². The number of aromatic amines is 1. The molecule has 0 radical (unpaired) electrons. The van der Waals surface area contributed by atoms with E-state index in [1.807, 2.05) is 37.3 Å². The number of aryl methyl sites for hydroxylation is 1. The molecule has 1 unspecified atom stereocenters. The molecule has 1 amide bonds. The van der Waals surface area contributed by atoms with E-state index in [1.54, 1.807) is 0 Å². The molecular formula is C15H18ClN3OS. The molecule has 112 valence electrons. The number of benzene rings is 1. The first-order valence-electron chi connectivity index (χ1n) is 6.86. The molecule has 4 nitrogen and oxygen atoms in total. The number of nitrogens with zero attached hydrogens (tertiary/aromatic N) is 1. The second kappa shape index (κ2) is 7.52. The second-order valence-corrected chi connectivity index (χ2v) is 6.58. The highest BCUT2D eigenvalue weighted by Crippen LogP contribution is 2.25. The number of thioether (sulfide) groups is 1. The minimum Gasteiger partial charge on any atom is -0.308 e. The summed E-state index contributed by atoms with van der Waals surface area (Å²) in [4.78, 5) is 13.1. The highest BCUT2D eigenvalue weighted by molar-refractivity contribution is 8.00. The zero-order valence-electron chi connectivity index (χ0n) is 12.0. The van der Waals surface area contributed by atoms with E-state index in [2.05, 4.69) is 22.4 Å². The van der Waals surface area contributed by atoms with Crippen LogP contribution in [-0.4, -0.2) is 21.4 Å². The molecule has 1 aromatic carbocycles. The van der Waals surface area contributed by atoms with E-state index >= 15 is 0 Å². The fourth-order valence-corrected chi connectivity index (χ4v) is 2.82. The standard InChI is InChI=1S/C15H18ClN3OS/c1-3-4-12-9-14(19-18-12)17-15(20)10(2)21-13-7-5-11(16)6-8-13/h5-10H,3-4H2,1-2H3,(H2,17,18,19,20). The van der Waals surface area contributed by atoms with Gasteiger partial charge in [0.05, 0.1) is 5.25 Å². The minimum atomic E-state index is -0.211. The number of nitrogens with one attached hydrogen (secondary N) is 2. The molecule has 0 aliphatic heterocycles. The van der Waals surface area contributed by atoms with Gasteiger partial charge < -0.3 is 5.32 Å². The van der Waals surface area contributed by atoms with Crippen LogP contribution in [0, 0.1) is 0 Å². The first kappa shape index (κ1) is 15.9. The molecule has 2 rings (SSSR count). The summed E-state index contributed by atoms with van der Waals surface area (Å²) in [5.74, 6) is 0.511. The lowest BCUT2D eigenvalue weighted by Crippen LogP contribution is -2.22. The SMILES string of the molecule is CCCc1cc(NC(=O)C(C)Sc2ccc(Cl)cc2)n[nH]1. The summed E-state index contributed by atoms with van der Waals surface area (Å²) in [6.07, 6.45) is 1.97. The fourth-order valence-electron chi connectivity index (χ4n) is 1.82. The Labute approximate surface area is 133 Å². The van der Waals surface area contributed by atoms with Crippen LogP contribution in [0.25, 0.3) is 0 Å². The Morgan fingerprint density at radius 3 is 2.81 bits per heavy atom. The molecule has 1 atom stereocenters. The van der Waals surface area contributed by atoms with Crippen molar-refractivity contribution < 1.29 is 4.79 Å². The van der Waals surface area contributed by atoms with Gasteiger partial charge in [0.15, 0.2) is 5.82 Å². The summed E-state index contributed by atoms with van der Waals surface area (Å²) in [5.41, 5.74) is 1.03. The average Bonchev–Trinajstić information content (AvgIpc) is 2.89. The molecule has 6 heteroatoms. The maximum atomic E-state index is 12.1. The number of hydrogen-bond donors (Lipinski definition) is 2. The van der Waals surface area contributed by atoms with Gasteiger partial charge in [0.2, 0.25) is 5.91 Å². The van der Waals surface area contributed by atoms with E-state index in [0.717, 1.165) is 23.4 Å². The lowest BCUT2D eigenvalue weighted by Gasteiger charge is -2.10. The predicted molar refractivity (Wildman–Crippen MR) is 88.0 cm³/mol. The van der Waals surface area contributed by atoms with Gasteiger partial charge in [0.1, 0.15) is 0 Å². The molecule has 0 fully saturated rings. The number of halogens is 1. The van der Waals surface area contributed by atoms with E-state index in [4.69, 9.17) is 11.6 Å². The van der Waals surface area contributed by atoms with Gasteiger partial charge in [-0.1, -0.05) is 24.9 Å². The molecule has 21 heavy (non-hydrogen) atoms. The van der Waals surface area contributed by atoms with Crippen LogP contribution in [0.2, 0.25) is 5.02 Å². The molecule has 0 saturated carbocycles. The number of carbonyl (C=O) groups excluding carboxylic acids is 1. The van der Waals surface area contributed by atoms with Crippen LogP contribution in [-0.2, 0) is 11.2 Å². The van der Waals surface area contributed by atoms with Crippen LogP contribution in [0.4, 0.5) is 5.82 Å². The maximum Gasteiger partial charge on any atom is 0.238 e. The molecule has 1 heterocycles. The van der Waals surface area contributed by atoms with Gasteiger partial charge >= 0.3 is 0 Å². The van der Waals surface area contributed by atoms with Gasteiger partial charge in [-0.2, -0.15) is 5.10 Å². The van der Waals surface area contributed by atoms with Crippen LogP contribution < -0.4 is 5.32 Å². The van der Waals surface area contributed by atoms with Gasteiger partial charge in [-0.05, 0) is 37.6 Å². The smallest absolute Gasteiger partial charge is 0.238 e. The number of hydrogen-bond acceptors (Lipinski definition) is 3. The third-order valence-corrected chi connectivity index (χ3v) is 4.26. The first-order valence-corrected chi connectivity index (χ1v) is 8.11. The predicted octanol–water partition coefficient (Wildman–Crippen LogP) is 4.13. The average molecular weight is 324 g/mol. The molecule has 0 bridgehead atoms. The monoisotopic (exact) mass is 323 g/mol. The number of carbonyl (C=O) groups is 1. The third-order valence-electron chi connectivity index (χ3n) is 2.90. The first-order chi connectivity index (χ1) is 10.1. The van der Waals surface area contributed by atoms with Crippen molar-refractivity contribution in [2.45, 2.75) is 36.8 Å². The van der Waals surface area contributed by atoms with E-state index in [9.17, 15) is 4.79 Å². The van der Waals surface area contributed by atoms with Crippen LogP contribution in [0.5, 0.6) is 0 Å². The van der Waals surface area contributed by atoms with Crippen molar-refractivity contribution >= 4 is 35.1 Å². The zero-order chi connectivity index (χ0) is 15.2. The Kier molecular flexibility index (Phi) is 5.70. The third kappa shape index (κ3) is 4.79. The molecule has 2 N–H and O–H groups in total. The van der Waals surface area contributed by atoms with Crippen molar-refractivity contribution in [1.29, 1.82) is 0 Å². The summed E-state index contributed by atoms with van der Waals surface area (Å²) in [6, 6.07) is 9.33. The van der Waals surface area contributed by atoms with E-state index < -0.39 is 0 Å². The number of H-pyrrole nitrogens is 1. The number of rotatable bonds is 6. The summed E-state index contributed by atoms with van der Waals surface area (Å²) in [7, 11) is 0. The van der Waals surface area contributed by atoms with Crippen LogP contribution in [0.3, 0.4) is 0 Å². The molecule has 2 aromatic rings. The highest BCUT2D eigenvalue weighted by atomic mass is 35.5. The zero-order valence-corrected chi connectivity index (χ0v) is 13.6. The van der Waals surface area contributed by atoms with Crippen molar-refractivity contribution in [3.05, 3.63) is 41.0 Å². The van der Waals surface area contributed by atoms with Crippen LogP contribution in [0.15, 0.2) is 35.2 Å². The van der Waals surface area contributed by atoms with Gasteiger partial charge in [-0.25, -0.2) is 0 Å². The largest absolute Gasteiger partial charge is 0.308 e. The second-order valence-electron chi connectivity index (χ2n) is 4.73. The number of anilines is 1. The summed E-state index contributed by atoms with van der Waals surface area (Å²) in [6.45, 7) is 3.97. The van der Waals surface area contributed by atoms with Crippen molar-refractivity contribution in [1.82, 2.24) is 10.2 Å². The van der Waals surface area contributed by atoms with Gasteiger partial charge in [0.25, 0.3) is 0 Å². The van der Waals surface area contributed by atoms with Crippen LogP contribution >= 0.6 is 23.4 Å². The Morgan fingerprint density at radius 1 is 1.43 bits per heavy atom. The Balaban J connectivity index is 1.90. The van der Waals surface area contributed by atoms with Crippen molar-refractivity contribution in [2.24, 2.45) is 0 Å². The molecule has 0 aliphatic carbocycles. The minimum absolute atomic E-state index is 0.0653. The summed E-state index contributed by atoms with van der Waals surface area (Å²) >= 11 is 7.33. The molecule has 0 saturated heterocycles. The highest BCUT2D eigenvalue weighted by Gasteiger charge is 2.15. The van der Waals surface area contributed by atoms with Crippen molar-refractivity contribution in [2.75, 3.05) is 5.32 Å². The normalized spacial score (nSPS) is 12.1. The molecular weight excluding hydrogens is 306 g/mol. The van der Waals surface area contributed by atoms with E-state index in [0.29, 0.717) is 10.8 Å². The van der Waals surface area contributed by atoms with Gasteiger partial charge in [-0.3, -0.25) is 9.89 Å². The lowest BCUT2D eigenvalue weighted by atomic mass is 10.2. The summed E-state index contributed by atoms with van der Waals surface area (Å²) in [5, 5.41) is 10.3. The number of aromatic nitrogens is 2. The Morgan fingerprint density at radius 2 is 2.14 bits per heavy atom. The number of amides is 1. The topological polar surface area (TPSA) is 57.8 Å². The summed E-state index contributed by atoms with van der Waals surface area (Å²) < 4.78 is 0. The Hall–Kier alpha value is -1.46. The maximum absolute atomic E-state index is 12.1. The Bertz CT molecular complexity index is 597. The van der Waals surface area contributed by atoms with Crippen molar-refractivity contribution in [3.8, 4) is 0 Å². The van der Waals surface area contributed by atoms with Gasteiger partial charge in [0, 0.05) is 21.7 Å². The molecule has 0 spiro atoms. The van der Waals surface area contributed by atoms with E-state index in [1.165, 1.54) is 11.8 Å². The lowest BCUT2D eigenvalue weighted by molar-refractivity contribution is -0.115. The van der Waals surface area contributed by atoms with Crippen LogP contribution in [0.1, 0.15) is 26.0 Å². The quantitative estimate of drug-likeness (QED) is 0.786. The molecule has 1 aromatic heterocycles. The fraction of sp³-hybridized carbons (Fsp3) is 0.333. The van der Waals surface area contributed by atoms with E-state index in [-0.39, 0.29) is 11.2 Å².